The molecule has 5 heteroatoms. The Morgan fingerprint density at radius 1 is 0.308 bits per heavy atom. The fourth-order valence-corrected chi connectivity index (χ4v) is 8.79. The minimum atomic E-state index is -0.785. The van der Waals surface area contributed by atoms with E-state index >= 15 is 0 Å². The monoisotopic (exact) mass is 1080 g/mol. The van der Waals surface area contributed by atoms with Crippen molar-refractivity contribution in [3.05, 3.63) is 146 Å². The summed E-state index contributed by atoms with van der Waals surface area (Å²) in [4.78, 5) is 24.6. The average molecular weight is 1080 g/mol. The van der Waals surface area contributed by atoms with Crippen LogP contribution in [0.1, 0.15) is 284 Å². The third kappa shape index (κ3) is 64.3. The first kappa shape index (κ1) is 73.8. The fraction of sp³-hybridized carbons (Fsp3) is 0.644. The largest absolute Gasteiger partial charge is 0.462 e. The van der Waals surface area contributed by atoms with Gasteiger partial charge in [-0.15, -0.1) is 0 Å². The van der Waals surface area contributed by atoms with E-state index in [2.05, 4.69) is 160 Å². The number of rotatable bonds is 58. The molecule has 0 radical (unpaired) electrons. The van der Waals surface area contributed by atoms with Crippen LogP contribution in [0, 0.1) is 0 Å². The van der Waals surface area contributed by atoms with Crippen LogP contribution in [0.2, 0.25) is 0 Å². The van der Waals surface area contributed by atoms with Crippen LogP contribution in [0.5, 0.6) is 0 Å². The second-order valence-electron chi connectivity index (χ2n) is 21.1. The SMILES string of the molecule is CC/C=C\C/C=C\C/C=C\C/C=C\C/C=C\C/C=C\C/C=C\C/C=C\C/C=C\C/C=C\CCCCCCCCCCCCC(=O)OC(CO)COC(=O)CCCCCCCCCCCCC/C=C\C/C=C\CCCCCCC. The summed E-state index contributed by atoms with van der Waals surface area (Å²) in [5, 5.41) is 9.68. The lowest BCUT2D eigenvalue weighted by atomic mass is 10.0. The molecule has 5 nitrogen and oxygen atoms in total. The molecule has 0 fully saturated rings. The summed E-state index contributed by atoms with van der Waals surface area (Å²) >= 11 is 0. The summed E-state index contributed by atoms with van der Waals surface area (Å²) in [6.45, 7) is 4.02. The molecule has 0 saturated carbocycles. The van der Waals surface area contributed by atoms with Crippen molar-refractivity contribution in [3.63, 3.8) is 0 Å². The van der Waals surface area contributed by atoms with Gasteiger partial charge in [0.25, 0.3) is 0 Å². The minimum absolute atomic E-state index is 0.0746. The van der Waals surface area contributed by atoms with Gasteiger partial charge in [0.2, 0.25) is 0 Å². The number of hydrogen-bond acceptors (Lipinski definition) is 5. The Bertz CT molecular complexity index is 1650. The zero-order valence-electron chi connectivity index (χ0n) is 50.6. The highest BCUT2D eigenvalue weighted by Crippen LogP contribution is 2.15. The van der Waals surface area contributed by atoms with Crippen LogP contribution in [-0.4, -0.2) is 36.4 Å². The van der Waals surface area contributed by atoms with E-state index in [9.17, 15) is 14.7 Å². The first-order valence-corrected chi connectivity index (χ1v) is 32.4. The van der Waals surface area contributed by atoms with Crippen LogP contribution >= 0.6 is 0 Å². The van der Waals surface area contributed by atoms with Crippen molar-refractivity contribution in [1.82, 2.24) is 0 Å². The normalized spacial score (nSPS) is 13.2. The van der Waals surface area contributed by atoms with Gasteiger partial charge in [0.15, 0.2) is 6.10 Å². The smallest absolute Gasteiger partial charge is 0.306 e. The second kappa shape index (κ2) is 67.1. The van der Waals surface area contributed by atoms with Crippen LogP contribution < -0.4 is 0 Å². The van der Waals surface area contributed by atoms with E-state index in [1.165, 1.54) is 148 Å². The van der Waals surface area contributed by atoms with Crippen molar-refractivity contribution in [2.75, 3.05) is 13.2 Å². The van der Waals surface area contributed by atoms with E-state index in [0.29, 0.717) is 12.8 Å². The molecule has 0 aliphatic carbocycles. The molecule has 0 bridgehead atoms. The van der Waals surface area contributed by atoms with E-state index in [1.807, 2.05) is 0 Å². The standard InChI is InChI=1S/C73H120O5/c1-3-5-7-9-11-13-15-17-19-21-23-25-27-28-29-30-31-32-33-34-35-36-37-38-39-40-41-42-43-44-46-48-50-52-54-56-58-60-62-64-66-68-73(76)78-71(69-74)70-77-72(75)67-65-63-61-59-57-55-53-51-49-47-45-26-24-22-20-18-16-14-12-10-8-6-4-2/h5,7,11,13,16-19,22-25,28-29,31-32,34-35,37-38,40-41,43-44,71,74H,3-4,6,8-10,12,14-15,20-21,26-27,30,33,36,39,42,45-70H2,1-2H3/b7-5-,13-11-,18-16-,19-17-,24-22-,25-23-,29-28-,32-31-,35-34-,38-37-,41-40-,44-43-. The van der Waals surface area contributed by atoms with Crippen molar-refractivity contribution < 1.29 is 24.2 Å². The third-order valence-corrected chi connectivity index (χ3v) is 13.6. The third-order valence-electron chi connectivity index (χ3n) is 13.6. The number of ether oxygens (including phenoxy) is 2. The molecular formula is C73H120O5. The van der Waals surface area contributed by atoms with Gasteiger partial charge in [-0.1, -0.05) is 295 Å². The maximum Gasteiger partial charge on any atom is 0.306 e. The molecular weight excluding hydrogens is 957 g/mol. The zero-order valence-corrected chi connectivity index (χ0v) is 50.6. The molecule has 0 aliphatic rings. The molecule has 0 heterocycles. The van der Waals surface area contributed by atoms with Gasteiger partial charge >= 0.3 is 11.9 Å². The molecule has 442 valence electrons. The number of carbonyl (C=O) groups excluding carboxylic acids is 2. The fourth-order valence-electron chi connectivity index (χ4n) is 8.79. The summed E-state index contributed by atoms with van der Waals surface area (Å²) in [5.74, 6) is -0.599. The van der Waals surface area contributed by atoms with Crippen molar-refractivity contribution in [2.24, 2.45) is 0 Å². The minimum Gasteiger partial charge on any atom is -0.462 e. The molecule has 0 aromatic carbocycles. The molecule has 78 heavy (non-hydrogen) atoms. The summed E-state index contributed by atoms with van der Waals surface area (Å²) in [7, 11) is 0. The Kier molecular flexibility index (Phi) is 63.4. The molecule has 1 atom stereocenters. The highest BCUT2D eigenvalue weighted by atomic mass is 16.6. The first-order valence-electron chi connectivity index (χ1n) is 32.4. The average Bonchev–Trinajstić information content (AvgIpc) is 3.44. The number of esters is 2. The number of aliphatic hydroxyl groups is 1. The van der Waals surface area contributed by atoms with Gasteiger partial charge in [-0.2, -0.15) is 0 Å². The maximum atomic E-state index is 12.3. The lowest BCUT2D eigenvalue weighted by Gasteiger charge is -2.15. The summed E-state index contributed by atoms with van der Waals surface area (Å²) in [6, 6.07) is 0. The van der Waals surface area contributed by atoms with Crippen LogP contribution in [-0.2, 0) is 19.1 Å². The lowest BCUT2D eigenvalue weighted by Crippen LogP contribution is -2.28. The van der Waals surface area contributed by atoms with Crippen LogP contribution in [0.3, 0.4) is 0 Å². The van der Waals surface area contributed by atoms with Gasteiger partial charge in [-0.3, -0.25) is 9.59 Å². The van der Waals surface area contributed by atoms with E-state index in [1.54, 1.807) is 0 Å². The predicted molar refractivity (Wildman–Crippen MR) is 343 cm³/mol. The molecule has 0 amide bonds. The van der Waals surface area contributed by atoms with Crippen LogP contribution in [0.15, 0.2) is 146 Å². The highest BCUT2D eigenvalue weighted by Gasteiger charge is 2.16. The molecule has 0 rings (SSSR count). The van der Waals surface area contributed by atoms with E-state index < -0.39 is 6.10 Å². The van der Waals surface area contributed by atoms with Gasteiger partial charge in [-0.25, -0.2) is 0 Å². The summed E-state index contributed by atoms with van der Waals surface area (Å²) in [5.41, 5.74) is 0. The van der Waals surface area contributed by atoms with Crippen molar-refractivity contribution in [3.8, 4) is 0 Å². The molecule has 0 aromatic rings. The Morgan fingerprint density at radius 3 is 0.833 bits per heavy atom. The Balaban J connectivity index is 3.57. The highest BCUT2D eigenvalue weighted by molar-refractivity contribution is 5.70. The Labute approximate surface area is 482 Å². The van der Waals surface area contributed by atoms with Crippen LogP contribution in [0.4, 0.5) is 0 Å². The number of hydrogen-bond donors (Lipinski definition) is 1. The number of unbranched alkanes of at least 4 members (excludes halogenated alkanes) is 26. The molecule has 1 unspecified atom stereocenters. The van der Waals surface area contributed by atoms with Gasteiger partial charge in [-0.05, 0) is 122 Å². The maximum absolute atomic E-state index is 12.3. The summed E-state index contributed by atoms with van der Waals surface area (Å²) < 4.78 is 10.7. The van der Waals surface area contributed by atoms with Crippen LogP contribution in [0.25, 0.3) is 0 Å². The number of aliphatic hydroxyl groups excluding tert-OH is 1. The number of carbonyl (C=O) groups is 2. The quantitative estimate of drug-likeness (QED) is 0.0373. The lowest BCUT2D eigenvalue weighted by molar-refractivity contribution is -0.161. The molecule has 0 spiro atoms. The summed E-state index contributed by atoms with van der Waals surface area (Å²) in [6.07, 6.45) is 101. The molecule has 1 N–H and O–H groups in total. The van der Waals surface area contributed by atoms with E-state index in [4.69, 9.17) is 9.47 Å². The second-order valence-corrected chi connectivity index (χ2v) is 21.1. The topological polar surface area (TPSA) is 72.8 Å². The van der Waals surface area contributed by atoms with Gasteiger partial charge in [0, 0.05) is 12.8 Å². The molecule has 0 aromatic heterocycles. The first-order chi connectivity index (χ1) is 38.6. The molecule has 0 aliphatic heterocycles. The van der Waals surface area contributed by atoms with Crippen molar-refractivity contribution in [2.45, 2.75) is 290 Å². The van der Waals surface area contributed by atoms with Gasteiger partial charge in [0.05, 0.1) is 6.61 Å². The van der Waals surface area contributed by atoms with Gasteiger partial charge in [0.1, 0.15) is 6.61 Å². The molecule has 0 saturated heterocycles. The van der Waals surface area contributed by atoms with E-state index in [0.717, 1.165) is 109 Å². The van der Waals surface area contributed by atoms with Crippen molar-refractivity contribution in [1.29, 1.82) is 0 Å². The Morgan fingerprint density at radius 2 is 0.551 bits per heavy atom. The predicted octanol–water partition coefficient (Wildman–Crippen LogP) is 22.5. The van der Waals surface area contributed by atoms with Gasteiger partial charge < -0.3 is 14.6 Å². The van der Waals surface area contributed by atoms with Crippen molar-refractivity contribution >= 4 is 11.9 Å². The van der Waals surface area contributed by atoms with E-state index in [-0.39, 0.29) is 25.2 Å². The Hall–Kier alpha value is -4.22. The number of allylic oxidation sites excluding steroid dienone is 24. The zero-order chi connectivity index (χ0) is 56.2.